The minimum atomic E-state index is -4.44. The van der Waals surface area contributed by atoms with Crippen LogP contribution in [0.1, 0.15) is 5.56 Å². The van der Waals surface area contributed by atoms with E-state index < -0.39 is 25.4 Å². The Kier molecular flexibility index (Phi) is 5.77. The first-order valence-corrected chi connectivity index (χ1v) is 7.50. The van der Waals surface area contributed by atoms with Crippen LogP contribution in [0.2, 0.25) is 0 Å². The van der Waals surface area contributed by atoms with E-state index in [2.05, 4.69) is 15.2 Å². The van der Waals surface area contributed by atoms with E-state index in [1.54, 1.807) is 0 Å². The van der Waals surface area contributed by atoms with E-state index in [-0.39, 0.29) is 18.4 Å². The van der Waals surface area contributed by atoms with Gasteiger partial charge < -0.3 is 20.1 Å². The lowest BCUT2D eigenvalue weighted by molar-refractivity contribution is -0.137. The molecule has 0 aromatic heterocycles. The van der Waals surface area contributed by atoms with Crippen molar-refractivity contribution >= 4 is 19.3 Å². The topological polar surface area (TPSA) is 87.7 Å². The molecule has 1 atom stereocenters. The summed E-state index contributed by atoms with van der Waals surface area (Å²) in [4.78, 5) is 20.5. The maximum absolute atomic E-state index is 12.3. The number of nitrogens with one attached hydrogen (secondary N) is 2. The summed E-state index contributed by atoms with van der Waals surface area (Å²) in [6.45, 7) is -0.117. The fourth-order valence-electron chi connectivity index (χ4n) is 1.32. The molecule has 0 aliphatic carbocycles. The first-order chi connectivity index (χ1) is 9.64. The maximum atomic E-state index is 12.3. The second-order valence-corrected chi connectivity index (χ2v) is 6.09. The molecule has 3 N–H and O–H groups in total. The number of anilines is 1. The SMILES string of the molecule is COP(=O)(O)CCNC(=O)Nc1ccc(C(F)(F)F)cc1. The molecule has 1 aromatic carbocycles. The van der Waals surface area contributed by atoms with Crippen LogP contribution < -0.4 is 10.6 Å². The zero-order valence-corrected chi connectivity index (χ0v) is 11.9. The summed E-state index contributed by atoms with van der Waals surface area (Å²) < 4.78 is 52.4. The van der Waals surface area contributed by atoms with E-state index in [1.807, 2.05) is 0 Å². The molecule has 1 unspecified atom stereocenters. The molecular weight excluding hydrogens is 312 g/mol. The third kappa shape index (κ3) is 6.16. The normalized spacial score (nSPS) is 14.3. The minimum Gasteiger partial charge on any atom is -0.337 e. The molecule has 10 heteroatoms. The first kappa shape index (κ1) is 17.5. The highest BCUT2D eigenvalue weighted by molar-refractivity contribution is 7.52. The second-order valence-electron chi connectivity index (χ2n) is 4.00. The number of amides is 2. The van der Waals surface area contributed by atoms with Gasteiger partial charge in [0.15, 0.2) is 0 Å². The first-order valence-electron chi connectivity index (χ1n) is 5.74. The Bertz CT molecular complexity index is 533. The van der Waals surface area contributed by atoms with Gasteiger partial charge in [-0.15, -0.1) is 0 Å². The number of rotatable bonds is 5. The van der Waals surface area contributed by atoms with Crippen LogP contribution in [-0.2, 0) is 15.3 Å². The zero-order valence-electron chi connectivity index (χ0n) is 11.0. The molecule has 1 rings (SSSR count). The van der Waals surface area contributed by atoms with E-state index >= 15 is 0 Å². The van der Waals surface area contributed by atoms with Gasteiger partial charge >= 0.3 is 19.8 Å². The van der Waals surface area contributed by atoms with E-state index in [9.17, 15) is 22.5 Å². The van der Waals surface area contributed by atoms with Crippen LogP contribution in [0, 0.1) is 0 Å². The predicted molar refractivity (Wildman–Crippen MR) is 70.2 cm³/mol. The molecule has 1 aromatic rings. The van der Waals surface area contributed by atoms with Gasteiger partial charge in [0.25, 0.3) is 0 Å². The monoisotopic (exact) mass is 326 g/mol. The summed E-state index contributed by atoms with van der Waals surface area (Å²) in [5, 5.41) is 4.58. The van der Waals surface area contributed by atoms with Gasteiger partial charge in [-0.2, -0.15) is 13.2 Å². The van der Waals surface area contributed by atoms with Crippen molar-refractivity contribution in [1.82, 2.24) is 5.32 Å². The zero-order chi connectivity index (χ0) is 16.1. The number of halogens is 3. The van der Waals surface area contributed by atoms with Gasteiger partial charge in [-0.1, -0.05) is 0 Å². The van der Waals surface area contributed by atoms with Gasteiger partial charge in [-0.3, -0.25) is 4.57 Å². The van der Waals surface area contributed by atoms with Crippen molar-refractivity contribution in [3.8, 4) is 0 Å². The molecule has 0 saturated heterocycles. The van der Waals surface area contributed by atoms with Crippen molar-refractivity contribution in [3.63, 3.8) is 0 Å². The molecule has 0 radical (unpaired) electrons. The van der Waals surface area contributed by atoms with Crippen LogP contribution >= 0.6 is 7.60 Å². The van der Waals surface area contributed by atoms with Crippen molar-refractivity contribution in [2.45, 2.75) is 6.18 Å². The molecular formula is C11H14F3N2O4P. The Hall–Kier alpha value is -1.57. The Morgan fingerprint density at radius 2 is 1.90 bits per heavy atom. The molecule has 6 nitrogen and oxygen atoms in total. The molecule has 0 spiro atoms. The summed E-state index contributed by atoms with van der Waals surface area (Å²) in [6.07, 6.45) is -4.72. The number of urea groups is 1. The van der Waals surface area contributed by atoms with E-state index in [0.717, 1.165) is 31.4 Å². The summed E-state index contributed by atoms with van der Waals surface area (Å²) in [5.74, 6) is 0. The Labute approximate surface area is 118 Å². The van der Waals surface area contributed by atoms with Crippen LogP contribution in [0.15, 0.2) is 24.3 Å². The van der Waals surface area contributed by atoms with Gasteiger partial charge in [0.2, 0.25) is 0 Å². The lowest BCUT2D eigenvalue weighted by Crippen LogP contribution is -2.31. The smallest absolute Gasteiger partial charge is 0.337 e. The maximum Gasteiger partial charge on any atom is 0.416 e. The Balaban J connectivity index is 2.47. The van der Waals surface area contributed by atoms with Crippen LogP contribution in [0.5, 0.6) is 0 Å². The standard InChI is InChI=1S/C11H14F3N2O4P/c1-20-21(18,19)7-6-15-10(17)16-9-4-2-8(3-5-9)11(12,13)14/h2-5H,6-7H2,1H3,(H,18,19)(H2,15,16,17). The predicted octanol–water partition coefficient (Wildman–Crippen LogP) is 2.66. The summed E-state index contributed by atoms with van der Waals surface area (Å²) >= 11 is 0. The molecule has 0 aliphatic heterocycles. The Morgan fingerprint density at radius 1 is 1.33 bits per heavy atom. The quantitative estimate of drug-likeness (QED) is 0.726. The van der Waals surface area contributed by atoms with Crippen LogP contribution in [0.25, 0.3) is 0 Å². The molecule has 0 fully saturated rings. The van der Waals surface area contributed by atoms with Crippen molar-refractivity contribution in [2.75, 3.05) is 25.1 Å². The van der Waals surface area contributed by atoms with E-state index in [0.29, 0.717) is 0 Å². The minimum absolute atomic E-state index is 0.117. The average Bonchev–Trinajstić information content (AvgIpc) is 2.38. The largest absolute Gasteiger partial charge is 0.416 e. The summed E-state index contributed by atoms with van der Waals surface area (Å²) in [6, 6.07) is 3.18. The number of hydrogen-bond donors (Lipinski definition) is 3. The molecule has 0 bridgehead atoms. The van der Waals surface area contributed by atoms with E-state index in [1.165, 1.54) is 0 Å². The van der Waals surface area contributed by atoms with Crippen molar-refractivity contribution in [1.29, 1.82) is 0 Å². The van der Waals surface area contributed by atoms with Crippen LogP contribution in [0.3, 0.4) is 0 Å². The third-order valence-corrected chi connectivity index (χ3v) is 3.79. The average molecular weight is 326 g/mol. The third-order valence-electron chi connectivity index (χ3n) is 2.44. The second kappa shape index (κ2) is 6.93. The van der Waals surface area contributed by atoms with Crippen molar-refractivity contribution < 1.29 is 31.9 Å². The Morgan fingerprint density at radius 3 is 2.38 bits per heavy atom. The lowest BCUT2D eigenvalue weighted by Gasteiger charge is -2.11. The van der Waals surface area contributed by atoms with Crippen molar-refractivity contribution in [2.24, 2.45) is 0 Å². The van der Waals surface area contributed by atoms with Crippen LogP contribution in [0.4, 0.5) is 23.7 Å². The molecule has 118 valence electrons. The number of alkyl halides is 3. The number of carbonyl (C=O) groups excluding carboxylic acids is 1. The molecule has 0 saturated carbocycles. The number of carbonyl (C=O) groups is 1. The summed E-state index contributed by atoms with van der Waals surface area (Å²) in [7, 11) is -2.63. The molecule has 21 heavy (non-hydrogen) atoms. The molecule has 0 heterocycles. The highest BCUT2D eigenvalue weighted by Gasteiger charge is 2.29. The van der Waals surface area contributed by atoms with Gasteiger partial charge in [0.1, 0.15) is 0 Å². The number of hydrogen-bond acceptors (Lipinski definition) is 3. The molecule has 2 amide bonds. The van der Waals surface area contributed by atoms with Gasteiger partial charge in [-0.25, -0.2) is 4.79 Å². The van der Waals surface area contributed by atoms with Gasteiger partial charge in [0.05, 0.1) is 11.7 Å². The van der Waals surface area contributed by atoms with E-state index in [4.69, 9.17) is 4.89 Å². The fourth-order valence-corrected chi connectivity index (χ4v) is 1.90. The van der Waals surface area contributed by atoms with Crippen LogP contribution in [-0.4, -0.2) is 30.7 Å². The van der Waals surface area contributed by atoms with Crippen molar-refractivity contribution in [3.05, 3.63) is 29.8 Å². The highest BCUT2D eigenvalue weighted by atomic mass is 31.2. The lowest BCUT2D eigenvalue weighted by atomic mass is 10.2. The number of benzene rings is 1. The van der Waals surface area contributed by atoms with Gasteiger partial charge in [0, 0.05) is 19.3 Å². The fraction of sp³-hybridized carbons (Fsp3) is 0.364. The molecule has 0 aliphatic rings. The summed E-state index contributed by atoms with van der Waals surface area (Å²) in [5.41, 5.74) is -0.658. The van der Waals surface area contributed by atoms with Gasteiger partial charge in [-0.05, 0) is 24.3 Å². The highest BCUT2D eigenvalue weighted by Crippen LogP contribution is 2.39.